The second-order valence-corrected chi connectivity index (χ2v) is 6.25. The Morgan fingerprint density at radius 1 is 1.07 bits per heavy atom. The van der Waals surface area contributed by atoms with Gasteiger partial charge in [0.1, 0.15) is 0 Å². The van der Waals surface area contributed by atoms with Crippen molar-refractivity contribution in [3.05, 3.63) is 74.4 Å². The first kappa shape index (κ1) is 21.9. The number of hydrogen-bond donors (Lipinski definition) is 0. The summed E-state index contributed by atoms with van der Waals surface area (Å²) in [6, 6.07) is 3.18. The van der Waals surface area contributed by atoms with Gasteiger partial charge in [0.15, 0.2) is 5.78 Å². The number of carbonyl (C=O) groups is 1. The average Bonchev–Trinajstić information content (AvgIpc) is 2.83. The lowest BCUT2D eigenvalue weighted by atomic mass is 9.97. The zero-order valence-electron chi connectivity index (χ0n) is 13.7. The van der Waals surface area contributed by atoms with Crippen LogP contribution in [0, 0.1) is 10.1 Å². The molecule has 0 fully saturated rings. The van der Waals surface area contributed by atoms with Crippen LogP contribution in [0.2, 0.25) is 0 Å². The van der Waals surface area contributed by atoms with E-state index < -0.39 is 46.2 Å². The summed E-state index contributed by atoms with van der Waals surface area (Å²) < 4.78 is 77.9. The fourth-order valence-corrected chi connectivity index (χ4v) is 2.90. The number of ketones is 1. The number of nitro benzene ring substituents is 1. The Labute approximate surface area is 162 Å². The molecule has 1 aromatic rings. The molecule has 1 aromatic carbocycles. The minimum atomic E-state index is -5.10. The van der Waals surface area contributed by atoms with Crippen molar-refractivity contribution in [2.45, 2.75) is 24.1 Å². The fourth-order valence-electron chi connectivity index (χ4n) is 2.45. The summed E-state index contributed by atoms with van der Waals surface area (Å²) in [6.45, 7) is 0. The summed E-state index contributed by atoms with van der Waals surface area (Å²) in [5.41, 5.74) is -4.02. The Bertz CT molecular complexity index is 912. The predicted molar refractivity (Wildman–Crippen MR) is 91.0 cm³/mol. The van der Waals surface area contributed by atoms with Crippen molar-refractivity contribution in [2.24, 2.45) is 0 Å². The Kier molecular flexibility index (Phi) is 6.17. The first-order valence-corrected chi connectivity index (χ1v) is 8.61. The van der Waals surface area contributed by atoms with Gasteiger partial charge in [0, 0.05) is 28.1 Å². The van der Waals surface area contributed by atoms with E-state index in [1.165, 1.54) is 0 Å². The van der Waals surface area contributed by atoms with Gasteiger partial charge in [-0.3, -0.25) is 14.9 Å². The van der Waals surface area contributed by atoms with Gasteiger partial charge in [0.2, 0.25) is 0 Å². The van der Waals surface area contributed by atoms with Gasteiger partial charge in [0.05, 0.1) is 16.1 Å². The molecule has 0 heterocycles. The lowest BCUT2D eigenvalue weighted by molar-refractivity contribution is -0.385. The number of carbonyl (C=O) groups excluding carboxylic acids is 1. The van der Waals surface area contributed by atoms with Crippen LogP contribution in [0.3, 0.4) is 0 Å². The van der Waals surface area contributed by atoms with Crippen molar-refractivity contribution in [2.75, 3.05) is 0 Å². The quantitative estimate of drug-likeness (QED) is 0.179. The number of benzene rings is 1. The van der Waals surface area contributed by atoms with Crippen LogP contribution in [0.25, 0.3) is 0 Å². The average molecular weight is 470 g/mol. The second-order valence-electron chi connectivity index (χ2n) is 5.69. The SMILES string of the molecule is O=C(C1=CC(C(F)(F)F)=CC(C(F)(F)F)=CC1)c1ccc([N+](=O)[O-])c(CBr)c1. The van der Waals surface area contributed by atoms with Gasteiger partial charge in [-0.1, -0.05) is 22.0 Å². The van der Waals surface area contributed by atoms with Crippen LogP contribution in [0.5, 0.6) is 0 Å². The zero-order valence-corrected chi connectivity index (χ0v) is 15.3. The van der Waals surface area contributed by atoms with Crippen molar-refractivity contribution in [1.82, 2.24) is 0 Å². The lowest BCUT2D eigenvalue weighted by Gasteiger charge is -2.10. The highest BCUT2D eigenvalue weighted by Gasteiger charge is 2.39. The number of nitrogens with zero attached hydrogens (tertiary/aromatic N) is 1. The standard InChI is InChI=1S/C17H10BrF6NO3/c18-8-11-5-9(2-4-14(11)25(27)28)15(26)10-1-3-12(16(19,20)21)7-13(6-10)17(22,23)24/h2-7H,1,8H2. The Balaban J connectivity index is 2.51. The normalized spacial score (nSPS) is 15.3. The fraction of sp³-hybridized carbons (Fsp3) is 0.235. The molecule has 4 nitrogen and oxygen atoms in total. The number of halogens is 7. The van der Waals surface area contributed by atoms with Crippen molar-refractivity contribution >= 4 is 27.4 Å². The molecule has 0 aliphatic heterocycles. The van der Waals surface area contributed by atoms with Crippen LogP contribution in [-0.4, -0.2) is 23.1 Å². The highest BCUT2D eigenvalue weighted by Crippen LogP contribution is 2.37. The van der Waals surface area contributed by atoms with Crippen molar-refractivity contribution in [1.29, 1.82) is 0 Å². The van der Waals surface area contributed by atoms with Crippen LogP contribution < -0.4 is 0 Å². The minimum Gasteiger partial charge on any atom is -0.289 e. The van der Waals surface area contributed by atoms with E-state index in [0.717, 1.165) is 18.2 Å². The predicted octanol–water partition coefficient (Wildman–Crippen LogP) is 5.98. The third-order valence-corrected chi connectivity index (χ3v) is 4.42. The third-order valence-electron chi connectivity index (χ3n) is 3.81. The van der Waals surface area contributed by atoms with E-state index >= 15 is 0 Å². The number of Topliss-reactive ketones (excluding diaryl/α,β-unsaturated/α-hetero) is 1. The van der Waals surface area contributed by atoms with Crippen LogP contribution >= 0.6 is 15.9 Å². The highest BCUT2D eigenvalue weighted by atomic mass is 79.9. The number of hydrogen-bond acceptors (Lipinski definition) is 3. The maximum atomic E-state index is 13.1. The molecule has 0 saturated carbocycles. The molecule has 0 spiro atoms. The van der Waals surface area contributed by atoms with Crippen LogP contribution in [-0.2, 0) is 5.33 Å². The molecule has 11 heteroatoms. The molecule has 1 aliphatic carbocycles. The van der Waals surface area contributed by atoms with Gasteiger partial charge < -0.3 is 0 Å². The van der Waals surface area contributed by atoms with Gasteiger partial charge in [-0.25, -0.2) is 0 Å². The molecule has 0 aromatic heterocycles. The molecule has 0 bridgehead atoms. The molecule has 0 atom stereocenters. The van der Waals surface area contributed by atoms with Gasteiger partial charge >= 0.3 is 12.4 Å². The molecule has 0 radical (unpaired) electrons. The smallest absolute Gasteiger partial charge is 0.289 e. The summed E-state index contributed by atoms with van der Waals surface area (Å²) in [7, 11) is 0. The van der Waals surface area contributed by atoms with E-state index in [2.05, 4.69) is 15.9 Å². The summed E-state index contributed by atoms with van der Waals surface area (Å²) in [6.07, 6.45) is -9.98. The molecule has 0 unspecified atom stereocenters. The maximum absolute atomic E-state index is 13.1. The molecule has 2 rings (SSSR count). The van der Waals surface area contributed by atoms with E-state index in [1.54, 1.807) is 0 Å². The number of allylic oxidation sites excluding steroid dienone is 6. The molecule has 0 N–H and O–H groups in total. The lowest BCUT2D eigenvalue weighted by Crippen LogP contribution is -2.14. The summed E-state index contributed by atoms with van der Waals surface area (Å²) in [4.78, 5) is 22.8. The van der Waals surface area contributed by atoms with E-state index in [-0.39, 0.29) is 28.2 Å². The van der Waals surface area contributed by atoms with Crippen molar-refractivity contribution in [3.8, 4) is 0 Å². The van der Waals surface area contributed by atoms with E-state index in [1.807, 2.05) is 0 Å². The largest absolute Gasteiger partial charge is 0.416 e. The molecule has 0 amide bonds. The molecule has 150 valence electrons. The van der Waals surface area contributed by atoms with Crippen LogP contribution in [0.1, 0.15) is 22.3 Å². The molecular formula is C17H10BrF6NO3. The van der Waals surface area contributed by atoms with E-state index in [0.29, 0.717) is 12.2 Å². The van der Waals surface area contributed by atoms with Gasteiger partial charge in [-0.2, -0.15) is 26.3 Å². The Morgan fingerprint density at radius 2 is 1.68 bits per heavy atom. The Morgan fingerprint density at radius 3 is 2.18 bits per heavy atom. The molecule has 1 aliphatic rings. The summed E-state index contributed by atoms with van der Waals surface area (Å²) in [5, 5.41) is 10.9. The molecular weight excluding hydrogens is 460 g/mol. The highest BCUT2D eigenvalue weighted by molar-refractivity contribution is 9.08. The zero-order chi connectivity index (χ0) is 21.3. The number of rotatable bonds is 4. The maximum Gasteiger partial charge on any atom is 0.416 e. The van der Waals surface area contributed by atoms with E-state index in [9.17, 15) is 41.3 Å². The summed E-state index contributed by atoms with van der Waals surface area (Å²) >= 11 is 3.01. The monoisotopic (exact) mass is 469 g/mol. The first-order valence-electron chi connectivity index (χ1n) is 7.49. The minimum absolute atomic E-state index is 0.00465. The molecule has 28 heavy (non-hydrogen) atoms. The second kappa shape index (κ2) is 7.90. The number of alkyl halides is 7. The van der Waals surface area contributed by atoms with Crippen LogP contribution in [0.15, 0.2) is 53.1 Å². The molecule has 0 saturated heterocycles. The van der Waals surface area contributed by atoms with Crippen molar-refractivity contribution < 1.29 is 36.1 Å². The van der Waals surface area contributed by atoms with Gasteiger partial charge in [0.25, 0.3) is 5.69 Å². The van der Waals surface area contributed by atoms with Crippen LogP contribution in [0.4, 0.5) is 32.0 Å². The van der Waals surface area contributed by atoms with Gasteiger partial charge in [-0.05, 0) is 30.7 Å². The van der Waals surface area contributed by atoms with Crippen molar-refractivity contribution in [3.63, 3.8) is 0 Å². The first-order chi connectivity index (χ1) is 12.8. The van der Waals surface area contributed by atoms with Gasteiger partial charge in [-0.15, -0.1) is 0 Å². The third kappa shape index (κ3) is 4.89. The topological polar surface area (TPSA) is 60.2 Å². The number of nitro groups is 1. The van der Waals surface area contributed by atoms with E-state index in [4.69, 9.17) is 0 Å². The summed E-state index contributed by atoms with van der Waals surface area (Å²) in [5.74, 6) is -0.952. The Hall–Kier alpha value is -2.43.